The molecule has 1 unspecified atom stereocenters. The van der Waals surface area contributed by atoms with Gasteiger partial charge in [0.2, 0.25) is 0 Å². The van der Waals surface area contributed by atoms with Crippen molar-refractivity contribution in [3.8, 4) is 0 Å². The number of carbonyl (C=O) groups excluding carboxylic acids is 1. The molecule has 0 aliphatic heterocycles. The predicted octanol–water partition coefficient (Wildman–Crippen LogP) is 5.30. The molecule has 0 radical (unpaired) electrons. The van der Waals surface area contributed by atoms with Gasteiger partial charge in [-0.15, -0.1) is 6.58 Å². The molecule has 32 heavy (non-hydrogen) atoms. The van der Waals surface area contributed by atoms with Gasteiger partial charge in [-0.3, -0.25) is 4.90 Å². The Morgan fingerprint density at radius 1 is 1.19 bits per heavy atom. The van der Waals surface area contributed by atoms with Crippen molar-refractivity contribution in [3.05, 3.63) is 72.3 Å². The number of benzene rings is 1. The van der Waals surface area contributed by atoms with Crippen molar-refractivity contribution in [2.24, 2.45) is 0 Å². The summed E-state index contributed by atoms with van der Waals surface area (Å²) in [6, 6.07) is 6.95. The Balaban J connectivity index is 1.70. The third kappa shape index (κ3) is 9.33. The van der Waals surface area contributed by atoms with Gasteiger partial charge >= 0.3 is 0 Å². The maximum absolute atomic E-state index is 10.7. The van der Waals surface area contributed by atoms with E-state index in [1.807, 2.05) is 18.3 Å². The monoisotopic (exact) mass is 436 g/mol. The van der Waals surface area contributed by atoms with Crippen LogP contribution in [0.3, 0.4) is 0 Å². The van der Waals surface area contributed by atoms with Gasteiger partial charge in [0.05, 0.1) is 6.54 Å². The number of hydrogen-bond acceptors (Lipinski definition) is 4. The number of hydrogen-bond donors (Lipinski definition) is 2. The number of aryl methyl sites for hydroxylation is 1. The topological polar surface area (TPSA) is 61.0 Å². The highest BCUT2D eigenvalue weighted by Gasteiger charge is 2.13. The number of nitrogens with one attached hydrogen (secondary N) is 2. The zero-order valence-corrected chi connectivity index (χ0v) is 19.7. The number of unbranched alkanes of at least 4 members (excludes halogenated alkanes) is 4. The van der Waals surface area contributed by atoms with Gasteiger partial charge < -0.3 is 15.1 Å². The molecule has 5 nitrogen and oxygen atoms in total. The second-order valence-electron chi connectivity index (χ2n) is 8.43. The van der Waals surface area contributed by atoms with E-state index in [1.165, 1.54) is 48.8 Å². The summed E-state index contributed by atoms with van der Waals surface area (Å²) in [4.78, 5) is 20.3. The lowest BCUT2D eigenvalue weighted by Gasteiger charge is -2.26. The summed E-state index contributed by atoms with van der Waals surface area (Å²) >= 11 is 0. The molecule has 0 bridgehead atoms. The number of rotatable bonds is 18. The lowest BCUT2D eigenvalue weighted by Crippen LogP contribution is -2.29. The second kappa shape index (κ2) is 15.3. The van der Waals surface area contributed by atoms with E-state index in [4.69, 9.17) is 0 Å². The van der Waals surface area contributed by atoms with E-state index < -0.39 is 0 Å². The van der Waals surface area contributed by atoms with Crippen LogP contribution in [-0.4, -0.2) is 40.8 Å². The molecule has 174 valence electrons. The number of nitrogens with zero attached hydrogens (tertiary/aromatic N) is 2. The Bertz CT molecular complexity index is 800. The number of aromatic nitrogens is 2. The number of carbonyl (C=O) groups is 1. The molecule has 1 aromatic carbocycles. The van der Waals surface area contributed by atoms with Crippen LogP contribution in [0.1, 0.15) is 67.5 Å². The molecular weight excluding hydrogens is 396 g/mol. The Kier molecular flexibility index (Phi) is 12.3. The van der Waals surface area contributed by atoms with E-state index in [0.717, 1.165) is 44.6 Å². The van der Waals surface area contributed by atoms with Gasteiger partial charge in [0.15, 0.2) is 0 Å². The summed E-state index contributed by atoms with van der Waals surface area (Å²) in [5.74, 6) is 0.999. The smallest absolute Gasteiger partial charge is 0.120 e. The normalized spacial score (nSPS) is 12.1. The van der Waals surface area contributed by atoms with Crippen molar-refractivity contribution in [2.45, 2.75) is 70.5 Å². The molecule has 1 atom stereocenters. The average Bonchev–Trinajstić information content (AvgIpc) is 3.32. The van der Waals surface area contributed by atoms with Gasteiger partial charge in [-0.05, 0) is 56.0 Å². The van der Waals surface area contributed by atoms with Crippen LogP contribution in [0.5, 0.6) is 0 Å². The average molecular weight is 437 g/mol. The fourth-order valence-electron chi connectivity index (χ4n) is 4.00. The molecule has 2 rings (SSSR count). The molecule has 5 heteroatoms. The molecule has 1 aromatic heterocycles. The fourth-order valence-corrected chi connectivity index (χ4v) is 4.00. The lowest BCUT2D eigenvalue weighted by molar-refractivity contribution is -0.108. The quantitative estimate of drug-likeness (QED) is 0.189. The highest BCUT2D eigenvalue weighted by molar-refractivity contribution is 5.53. The van der Waals surface area contributed by atoms with Gasteiger partial charge in [-0.1, -0.05) is 56.2 Å². The van der Waals surface area contributed by atoms with Crippen molar-refractivity contribution in [3.63, 3.8) is 0 Å². The predicted molar refractivity (Wildman–Crippen MR) is 134 cm³/mol. The molecule has 1 heterocycles. The van der Waals surface area contributed by atoms with Crippen molar-refractivity contribution in [2.75, 3.05) is 13.6 Å². The van der Waals surface area contributed by atoms with E-state index in [0.29, 0.717) is 6.42 Å². The number of imidazole rings is 1. The molecule has 0 fully saturated rings. The molecule has 0 saturated carbocycles. The van der Waals surface area contributed by atoms with Crippen LogP contribution in [-0.2, 0) is 24.3 Å². The zero-order chi connectivity index (χ0) is 23.0. The van der Waals surface area contributed by atoms with Crippen molar-refractivity contribution < 1.29 is 4.79 Å². The van der Waals surface area contributed by atoms with E-state index in [1.54, 1.807) is 6.20 Å². The molecule has 0 aliphatic carbocycles. The Morgan fingerprint density at radius 3 is 2.72 bits per heavy atom. The van der Waals surface area contributed by atoms with Crippen LogP contribution in [0.15, 0.2) is 49.8 Å². The highest BCUT2D eigenvalue weighted by Crippen LogP contribution is 2.19. The minimum atomic E-state index is 0.204. The van der Waals surface area contributed by atoms with Crippen LogP contribution in [0.2, 0.25) is 0 Å². The highest BCUT2D eigenvalue weighted by atomic mass is 16.1. The Morgan fingerprint density at radius 2 is 2.00 bits per heavy atom. The molecule has 0 spiro atoms. The summed E-state index contributed by atoms with van der Waals surface area (Å²) in [6.45, 7) is 10.6. The number of H-pyrrole nitrogens is 1. The minimum absolute atomic E-state index is 0.204. The number of aromatic amines is 1. The third-order valence-corrected chi connectivity index (χ3v) is 5.93. The van der Waals surface area contributed by atoms with E-state index in [9.17, 15) is 4.79 Å². The first-order valence-electron chi connectivity index (χ1n) is 11.9. The molecule has 2 N–H and O–H groups in total. The maximum atomic E-state index is 10.7. The third-order valence-electron chi connectivity index (χ3n) is 5.93. The summed E-state index contributed by atoms with van der Waals surface area (Å²) in [6.07, 6.45) is 17.2. The number of likely N-dealkylation sites (N-methyl/N-ethyl adjacent to an activating group) is 1. The standard InChI is InChI=1S/C27H40N4O/c1-4-24-15-14-23(20-25(24)22-31(3)26(5-2)13-11-19-32)12-9-7-6-8-10-16-28-21-27-29-17-18-30-27/h4-5,14-15,17-20,26,28H,1-2,6-13,16,21-22H2,3H3,(H,29,30). The van der Waals surface area contributed by atoms with Crippen molar-refractivity contribution >= 4 is 12.4 Å². The largest absolute Gasteiger partial charge is 0.348 e. The second-order valence-corrected chi connectivity index (χ2v) is 8.43. The molecular formula is C27H40N4O. The van der Waals surface area contributed by atoms with Crippen LogP contribution >= 0.6 is 0 Å². The zero-order valence-electron chi connectivity index (χ0n) is 19.7. The van der Waals surface area contributed by atoms with Crippen LogP contribution in [0.25, 0.3) is 6.08 Å². The Labute approximate surface area is 194 Å². The van der Waals surface area contributed by atoms with Gasteiger partial charge in [0, 0.05) is 31.4 Å². The summed E-state index contributed by atoms with van der Waals surface area (Å²) < 4.78 is 0. The first kappa shape index (κ1) is 25.8. The van der Waals surface area contributed by atoms with Gasteiger partial charge in [-0.2, -0.15) is 0 Å². The van der Waals surface area contributed by atoms with Gasteiger partial charge in [0.25, 0.3) is 0 Å². The molecule has 0 amide bonds. The van der Waals surface area contributed by atoms with Crippen LogP contribution in [0, 0.1) is 0 Å². The van der Waals surface area contributed by atoms with Crippen molar-refractivity contribution in [1.29, 1.82) is 0 Å². The maximum Gasteiger partial charge on any atom is 0.120 e. The fraction of sp³-hybridized carbons (Fsp3) is 0.481. The summed E-state index contributed by atoms with van der Waals surface area (Å²) in [5, 5.41) is 3.43. The number of aldehydes is 1. The summed E-state index contributed by atoms with van der Waals surface area (Å²) in [5.41, 5.74) is 3.86. The van der Waals surface area contributed by atoms with Crippen molar-refractivity contribution in [1.82, 2.24) is 20.2 Å². The van der Waals surface area contributed by atoms with E-state index in [-0.39, 0.29) is 6.04 Å². The SMILES string of the molecule is C=Cc1ccc(CCCCCCCNCc2ncc[nH]2)cc1CN(C)C(C=C)CCC=O. The first-order valence-corrected chi connectivity index (χ1v) is 11.9. The minimum Gasteiger partial charge on any atom is -0.348 e. The molecule has 2 aromatic rings. The van der Waals surface area contributed by atoms with E-state index in [2.05, 4.69) is 58.6 Å². The molecule has 0 aliphatic rings. The van der Waals surface area contributed by atoms with Crippen LogP contribution < -0.4 is 5.32 Å². The Hall–Kier alpha value is -2.50. The lowest BCUT2D eigenvalue weighted by atomic mass is 9.98. The van der Waals surface area contributed by atoms with E-state index >= 15 is 0 Å². The van der Waals surface area contributed by atoms with Crippen LogP contribution in [0.4, 0.5) is 0 Å². The summed E-state index contributed by atoms with van der Waals surface area (Å²) in [7, 11) is 2.10. The van der Waals surface area contributed by atoms with Gasteiger partial charge in [0.1, 0.15) is 12.1 Å². The molecule has 0 saturated heterocycles. The van der Waals surface area contributed by atoms with Gasteiger partial charge in [-0.25, -0.2) is 4.98 Å². The first-order chi connectivity index (χ1) is 15.7.